The lowest BCUT2D eigenvalue weighted by Crippen LogP contribution is -1.94. The van der Waals surface area contributed by atoms with Crippen molar-refractivity contribution in [2.75, 3.05) is 14.2 Å². The van der Waals surface area contributed by atoms with E-state index in [1.807, 2.05) is 0 Å². The molecule has 0 aromatic rings. The predicted octanol–water partition coefficient (Wildman–Crippen LogP) is 0.625. The topological polar surface area (TPSA) is 89.6 Å². The van der Waals surface area contributed by atoms with Crippen molar-refractivity contribution < 1.29 is 19.4 Å². The molecule has 3 N–H and O–H groups in total. The largest absolute Gasteiger partial charge is 0.481 e. The number of carbonyl (C=O) groups is 2. The van der Waals surface area contributed by atoms with Crippen molar-refractivity contribution >= 4 is 11.9 Å². The second-order valence-electron chi connectivity index (χ2n) is 1.68. The minimum atomic E-state index is -0.745. The molecule has 0 bridgehead atoms. The second-order valence-corrected chi connectivity index (χ2v) is 1.68. The summed E-state index contributed by atoms with van der Waals surface area (Å²) in [5, 5.41) is 7.72. The van der Waals surface area contributed by atoms with E-state index in [1.165, 1.54) is 14.2 Å². The van der Waals surface area contributed by atoms with Crippen LogP contribution in [0.4, 0.5) is 0 Å². The van der Waals surface area contributed by atoms with Gasteiger partial charge in [0.2, 0.25) is 0 Å². The van der Waals surface area contributed by atoms with Crippen molar-refractivity contribution in [1.82, 2.24) is 0 Å². The van der Waals surface area contributed by atoms with Gasteiger partial charge in [0.15, 0.2) is 0 Å². The number of nitrogens with two attached hydrogens (primary N) is 1. The molecule has 0 fully saturated rings. The van der Waals surface area contributed by atoms with Crippen LogP contribution in [0.2, 0.25) is 0 Å². The van der Waals surface area contributed by atoms with Crippen molar-refractivity contribution in [2.24, 2.45) is 5.73 Å². The summed E-state index contributed by atoms with van der Waals surface area (Å²) in [5.74, 6) is -0.903. The molecule has 0 atom stereocenters. The molecule has 80 valence electrons. The highest BCUT2D eigenvalue weighted by molar-refractivity contribution is 5.68. The summed E-state index contributed by atoms with van der Waals surface area (Å²) >= 11 is 0. The minimum Gasteiger partial charge on any atom is -0.481 e. The molecule has 5 heteroatoms. The SMILES string of the molecule is CCC(=O)O.CCC(=O)OC.CN. The van der Waals surface area contributed by atoms with Gasteiger partial charge in [0.25, 0.3) is 0 Å². The van der Waals surface area contributed by atoms with E-state index < -0.39 is 5.97 Å². The van der Waals surface area contributed by atoms with Crippen LogP contribution in [0.15, 0.2) is 0 Å². The van der Waals surface area contributed by atoms with Gasteiger partial charge in [0.1, 0.15) is 0 Å². The van der Waals surface area contributed by atoms with Crippen LogP contribution in [0.5, 0.6) is 0 Å². The minimum absolute atomic E-state index is 0.157. The Morgan fingerprint density at radius 3 is 1.54 bits per heavy atom. The maximum Gasteiger partial charge on any atom is 0.305 e. The van der Waals surface area contributed by atoms with E-state index in [2.05, 4.69) is 10.5 Å². The number of carboxylic acid groups (broad SMARTS) is 1. The zero-order valence-corrected chi connectivity index (χ0v) is 8.66. The van der Waals surface area contributed by atoms with Gasteiger partial charge in [-0.3, -0.25) is 9.59 Å². The molecule has 13 heavy (non-hydrogen) atoms. The first kappa shape index (κ1) is 17.8. The zero-order valence-electron chi connectivity index (χ0n) is 8.66. The van der Waals surface area contributed by atoms with Crippen molar-refractivity contribution in [1.29, 1.82) is 0 Å². The number of ether oxygens (including phenoxy) is 1. The monoisotopic (exact) mass is 193 g/mol. The number of aliphatic carboxylic acids is 1. The maximum atomic E-state index is 9.96. The first-order chi connectivity index (χ1) is 6.08. The summed E-state index contributed by atoms with van der Waals surface area (Å²) in [5.41, 5.74) is 4.50. The van der Waals surface area contributed by atoms with Crippen LogP contribution in [0, 0.1) is 0 Å². The molecular formula is C8H19NO4. The van der Waals surface area contributed by atoms with E-state index in [-0.39, 0.29) is 12.4 Å². The molecule has 0 unspecified atom stereocenters. The predicted molar refractivity (Wildman–Crippen MR) is 50.3 cm³/mol. The highest BCUT2D eigenvalue weighted by Gasteiger charge is 1.87. The Labute approximate surface area is 78.9 Å². The van der Waals surface area contributed by atoms with E-state index >= 15 is 0 Å². The van der Waals surface area contributed by atoms with Crippen LogP contribution < -0.4 is 5.73 Å². The molecule has 0 aliphatic heterocycles. The highest BCUT2D eigenvalue weighted by Crippen LogP contribution is 1.76. The molecule has 0 saturated carbocycles. The fraction of sp³-hybridized carbons (Fsp3) is 0.750. The average Bonchev–Trinajstić information content (AvgIpc) is 2.20. The summed E-state index contributed by atoms with van der Waals surface area (Å²) in [4.78, 5) is 19.3. The first-order valence-corrected chi connectivity index (χ1v) is 3.94. The Bertz CT molecular complexity index is 119. The van der Waals surface area contributed by atoms with E-state index in [0.29, 0.717) is 6.42 Å². The third-order valence-corrected chi connectivity index (χ3v) is 0.819. The van der Waals surface area contributed by atoms with Crippen LogP contribution in [-0.2, 0) is 14.3 Å². The van der Waals surface area contributed by atoms with Gasteiger partial charge in [-0.25, -0.2) is 0 Å². The molecule has 0 saturated heterocycles. The lowest BCUT2D eigenvalue weighted by molar-refractivity contribution is -0.140. The van der Waals surface area contributed by atoms with E-state index in [9.17, 15) is 9.59 Å². The number of carbonyl (C=O) groups excluding carboxylic acids is 1. The number of hydrogen-bond acceptors (Lipinski definition) is 4. The summed E-state index contributed by atoms with van der Waals surface area (Å²) in [6.45, 7) is 3.36. The first-order valence-electron chi connectivity index (χ1n) is 3.94. The number of esters is 1. The second kappa shape index (κ2) is 17.1. The molecule has 0 aromatic heterocycles. The molecule has 0 aliphatic rings. The molecule has 0 spiro atoms. The van der Waals surface area contributed by atoms with Gasteiger partial charge in [-0.1, -0.05) is 13.8 Å². The quantitative estimate of drug-likeness (QED) is 0.627. The van der Waals surface area contributed by atoms with Gasteiger partial charge in [-0.2, -0.15) is 0 Å². The van der Waals surface area contributed by atoms with E-state index in [1.54, 1.807) is 13.8 Å². The Morgan fingerprint density at radius 2 is 1.54 bits per heavy atom. The van der Waals surface area contributed by atoms with Crippen molar-refractivity contribution in [3.05, 3.63) is 0 Å². The average molecular weight is 193 g/mol. The van der Waals surface area contributed by atoms with Gasteiger partial charge in [0.05, 0.1) is 7.11 Å². The number of methoxy groups -OCH3 is 1. The Kier molecular flexibility index (Phi) is 23.5. The van der Waals surface area contributed by atoms with Gasteiger partial charge >= 0.3 is 11.9 Å². The molecular weight excluding hydrogens is 174 g/mol. The van der Waals surface area contributed by atoms with E-state index in [4.69, 9.17) is 5.11 Å². The number of rotatable bonds is 2. The number of hydrogen-bond donors (Lipinski definition) is 2. The summed E-state index contributed by atoms with van der Waals surface area (Å²) in [7, 11) is 2.88. The lowest BCUT2D eigenvalue weighted by Gasteiger charge is -1.87. The molecule has 0 aromatic carbocycles. The summed E-state index contributed by atoms with van der Waals surface area (Å²) < 4.78 is 4.26. The molecule has 0 radical (unpaired) electrons. The third kappa shape index (κ3) is 36.0. The normalized spacial score (nSPS) is 6.85. The molecule has 0 amide bonds. The zero-order chi connectivity index (χ0) is 11.3. The summed E-state index contributed by atoms with van der Waals surface area (Å²) in [6, 6.07) is 0. The lowest BCUT2D eigenvalue weighted by atomic mass is 10.5. The van der Waals surface area contributed by atoms with Gasteiger partial charge in [-0.15, -0.1) is 0 Å². The standard InChI is InChI=1S/C4H8O2.C3H6O2.CH5N/c1-3-4(5)6-2;1-2-3(4)5;1-2/h3H2,1-2H3;2H2,1H3,(H,4,5);2H2,1H3. The van der Waals surface area contributed by atoms with Crippen molar-refractivity contribution in [2.45, 2.75) is 26.7 Å². The van der Waals surface area contributed by atoms with Crippen LogP contribution in [0.25, 0.3) is 0 Å². The molecule has 0 heterocycles. The number of carboxylic acids is 1. The Morgan fingerprint density at radius 1 is 1.23 bits per heavy atom. The Hall–Kier alpha value is -1.10. The summed E-state index contributed by atoms with van der Waals surface area (Å²) in [6.07, 6.45) is 0.691. The smallest absolute Gasteiger partial charge is 0.305 e. The highest BCUT2D eigenvalue weighted by atomic mass is 16.5. The maximum absolute atomic E-state index is 9.96. The van der Waals surface area contributed by atoms with Crippen LogP contribution >= 0.6 is 0 Å². The fourth-order valence-corrected chi connectivity index (χ4v) is 0.144. The van der Waals surface area contributed by atoms with Gasteiger partial charge in [0, 0.05) is 12.8 Å². The third-order valence-electron chi connectivity index (χ3n) is 0.819. The van der Waals surface area contributed by atoms with Crippen molar-refractivity contribution in [3.63, 3.8) is 0 Å². The van der Waals surface area contributed by atoms with Gasteiger partial charge in [-0.05, 0) is 7.05 Å². The molecule has 5 nitrogen and oxygen atoms in total. The Balaban J connectivity index is -0.000000131. The van der Waals surface area contributed by atoms with Crippen molar-refractivity contribution in [3.8, 4) is 0 Å². The van der Waals surface area contributed by atoms with E-state index in [0.717, 1.165) is 0 Å². The van der Waals surface area contributed by atoms with Crippen LogP contribution in [-0.4, -0.2) is 31.2 Å². The van der Waals surface area contributed by atoms with Crippen LogP contribution in [0.3, 0.4) is 0 Å². The molecule has 0 rings (SSSR count). The fourth-order valence-electron chi connectivity index (χ4n) is 0.144. The van der Waals surface area contributed by atoms with Gasteiger partial charge < -0.3 is 15.6 Å². The van der Waals surface area contributed by atoms with Crippen LogP contribution in [0.1, 0.15) is 26.7 Å². The molecule has 0 aliphatic carbocycles.